The number of benzene rings is 3. The van der Waals surface area contributed by atoms with Crippen LogP contribution >= 0.6 is 23.2 Å². The summed E-state index contributed by atoms with van der Waals surface area (Å²) in [5.74, 6) is -0.552. The quantitative estimate of drug-likeness (QED) is 0.277. The van der Waals surface area contributed by atoms with E-state index in [1.165, 1.54) is 26.3 Å². The van der Waals surface area contributed by atoms with E-state index < -0.39 is 34.9 Å². The van der Waals surface area contributed by atoms with Crippen molar-refractivity contribution in [3.63, 3.8) is 0 Å². The minimum Gasteiger partial charge on any atom is -0.493 e. The minimum atomic E-state index is -1.17. The summed E-state index contributed by atoms with van der Waals surface area (Å²) in [6, 6.07) is 17.7. The van der Waals surface area contributed by atoms with Gasteiger partial charge in [0.25, 0.3) is 5.91 Å². The van der Waals surface area contributed by atoms with Crippen LogP contribution in [0.5, 0.6) is 17.2 Å². The number of ether oxygens (including phenoxy) is 3. The SMILES string of the molecule is COc1cc(C(=O)N2CCC(CCN3CCC(C(=O)NC(=O)N4C(C(=O)O)N5CCN4CC5)(c4ccccc4)CC3)(c3ccc(Cl)c(Cl)c3)C2)cc(OC)c1OC. The summed E-state index contributed by atoms with van der Waals surface area (Å²) in [6.45, 7) is 4.85. The fourth-order valence-electron chi connectivity index (χ4n) is 9.03. The number of carboxylic acid groups (broad SMARTS) is 1. The molecule has 5 fully saturated rings. The molecule has 3 aromatic carbocycles. The van der Waals surface area contributed by atoms with Gasteiger partial charge in [-0.2, -0.15) is 0 Å². The van der Waals surface area contributed by atoms with Crippen molar-refractivity contribution in [1.82, 2.24) is 30.0 Å². The summed E-state index contributed by atoms with van der Waals surface area (Å²) >= 11 is 12.9. The van der Waals surface area contributed by atoms with E-state index in [9.17, 15) is 24.3 Å². The summed E-state index contributed by atoms with van der Waals surface area (Å²) in [6.07, 6.45) is 1.11. The number of piperazine rings is 1. The van der Waals surface area contributed by atoms with E-state index in [1.807, 2.05) is 47.4 Å². The molecule has 0 spiro atoms. The maximum atomic E-state index is 14.3. The lowest BCUT2D eigenvalue weighted by Crippen LogP contribution is -2.74. The zero-order chi connectivity index (χ0) is 40.5. The highest BCUT2D eigenvalue weighted by atomic mass is 35.5. The lowest BCUT2D eigenvalue weighted by Gasteiger charge is -2.52. The van der Waals surface area contributed by atoms with Gasteiger partial charge in [-0.15, -0.1) is 0 Å². The first-order valence-corrected chi connectivity index (χ1v) is 19.9. The fourth-order valence-corrected chi connectivity index (χ4v) is 9.33. The van der Waals surface area contributed by atoms with Gasteiger partial charge < -0.3 is 29.1 Å². The third kappa shape index (κ3) is 7.73. The van der Waals surface area contributed by atoms with Gasteiger partial charge in [0.15, 0.2) is 11.5 Å². The largest absolute Gasteiger partial charge is 0.493 e. The minimum absolute atomic E-state index is 0.164. The average molecular weight is 824 g/mol. The summed E-state index contributed by atoms with van der Waals surface area (Å²) in [4.78, 5) is 60.2. The Hall–Kier alpha value is -4.60. The van der Waals surface area contributed by atoms with Gasteiger partial charge in [0.05, 0.1) is 36.8 Å². The molecule has 2 N–H and O–H groups in total. The van der Waals surface area contributed by atoms with Crippen LogP contribution in [0.25, 0.3) is 0 Å². The molecule has 2 bridgehead atoms. The molecule has 14 nitrogen and oxygen atoms in total. The maximum absolute atomic E-state index is 14.3. The van der Waals surface area contributed by atoms with Gasteiger partial charge >= 0.3 is 12.0 Å². The van der Waals surface area contributed by atoms with Gasteiger partial charge in [0, 0.05) is 50.2 Å². The molecular weight excluding hydrogens is 775 g/mol. The van der Waals surface area contributed by atoms with E-state index >= 15 is 0 Å². The number of nitrogens with one attached hydrogen (secondary N) is 1. The molecule has 0 aromatic heterocycles. The Bertz CT molecular complexity index is 1980. The Morgan fingerprint density at radius 1 is 0.789 bits per heavy atom. The molecule has 8 rings (SSSR count). The van der Waals surface area contributed by atoms with Crippen LogP contribution in [0.4, 0.5) is 4.79 Å². The number of amides is 4. The number of methoxy groups -OCH3 is 3. The standard InChI is InChI=1S/C41H48Cl2N6O8/c1-55-32-23-27(24-33(56-2)34(32)57-3)36(50)47-18-12-40(26-47,29-9-10-30(42)31(43)25-29)11-15-45-16-13-41(14-17-45,28-7-5-4-6-8-28)38(53)44-39(54)49-35(37(51)52)46-19-21-48(49)22-20-46/h4-10,23-25,35H,11-22,26H2,1-3H3,(H,51,52)(H,44,53,54). The number of carbonyl (C=O) groups is 4. The van der Waals surface area contributed by atoms with Crippen LogP contribution in [0.3, 0.4) is 0 Å². The lowest BCUT2D eigenvalue weighted by molar-refractivity contribution is -0.190. The number of hydrogen-bond donors (Lipinski definition) is 2. The van der Waals surface area contributed by atoms with E-state index in [0.717, 1.165) is 11.1 Å². The Morgan fingerprint density at radius 2 is 1.46 bits per heavy atom. The topological polar surface area (TPSA) is 144 Å². The molecule has 0 radical (unpaired) electrons. The molecule has 5 aliphatic heterocycles. The molecule has 4 amide bonds. The number of carboxylic acids is 1. The van der Waals surface area contributed by atoms with Crippen LogP contribution in [-0.4, -0.2) is 140 Å². The number of likely N-dealkylation sites (tertiary alicyclic amines) is 2. The molecule has 2 unspecified atom stereocenters. The highest BCUT2D eigenvalue weighted by molar-refractivity contribution is 6.42. The highest BCUT2D eigenvalue weighted by Gasteiger charge is 2.49. The first-order chi connectivity index (χ1) is 27.4. The first kappa shape index (κ1) is 40.6. The molecule has 0 aliphatic carbocycles. The number of nitrogens with zero attached hydrogens (tertiary/aromatic N) is 5. The zero-order valence-electron chi connectivity index (χ0n) is 32.3. The Balaban J connectivity index is 1.08. The van der Waals surface area contributed by atoms with E-state index in [0.29, 0.717) is 117 Å². The summed E-state index contributed by atoms with van der Waals surface area (Å²) in [7, 11) is 4.54. The van der Waals surface area contributed by atoms with Crippen molar-refractivity contribution in [3.8, 4) is 17.2 Å². The third-order valence-electron chi connectivity index (χ3n) is 12.3. The maximum Gasteiger partial charge on any atom is 0.343 e. The molecular formula is C41H48Cl2N6O8. The van der Waals surface area contributed by atoms with Crippen LogP contribution < -0.4 is 19.5 Å². The predicted octanol–water partition coefficient (Wildman–Crippen LogP) is 4.72. The van der Waals surface area contributed by atoms with E-state index in [-0.39, 0.29) is 5.91 Å². The Kier molecular flexibility index (Phi) is 11.9. The molecule has 0 saturated carbocycles. The number of hydrazine groups is 1. The van der Waals surface area contributed by atoms with Crippen LogP contribution in [-0.2, 0) is 20.4 Å². The third-order valence-corrected chi connectivity index (χ3v) is 13.0. The van der Waals surface area contributed by atoms with Gasteiger partial charge in [-0.3, -0.25) is 19.8 Å². The van der Waals surface area contributed by atoms with Crippen LogP contribution in [0, 0.1) is 0 Å². The fraction of sp³-hybridized carbons (Fsp3) is 0.463. The normalized spacial score (nSPS) is 24.2. The van der Waals surface area contributed by atoms with Crippen molar-refractivity contribution in [1.29, 1.82) is 0 Å². The molecule has 5 aliphatic rings. The van der Waals surface area contributed by atoms with Crippen LogP contribution in [0.1, 0.15) is 47.2 Å². The monoisotopic (exact) mass is 822 g/mol. The number of carbonyl (C=O) groups excluding carboxylic acids is 3. The van der Waals surface area contributed by atoms with Gasteiger partial charge in [-0.1, -0.05) is 59.6 Å². The van der Waals surface area contributed by atoms with E-state index in [1.54, 1.807) is 28.1 Å². The summed E-state index contributed by atoms with van der Waals surface area (Å²) in [5, 5.41) is 16.4. The van der Waals surface area contributed by atoms with Crippen molar-refractivity contribution in [2.24, 2.45) is 0 Å². The Morgan fingerprint density at radius 3 is 2.05 bits per heavy atom. The molecule has 3 aromatic rings. The van der Waals surface area contributed by atoms with E-state index in [4.69, 9.17) is 37.4 Å². The van der Waals surface area contributed by atoms with Gasteiger partial charge in [-0.25, -0.2) is 19.6 Å². The number of aliphatic carboxylic acids is 1. The zero-order valence-corrected chi connectivity index (χ0v) is 33.9. The lowest BCUT2D eigenvalue weighted by atomic mass is 9.71. The summed E-state index contributed by atoms with van der Waals surface area (Å²) < 4.78 is 16.5. The summed E-state index contributed by atoms with van der Waals surface area (Å²) in [5.41, 5.74) is 0.763. The Labute approximate surface area is 342 Å². The second kappa shape index (κ2) is 16.7. The van der Waals surface area contributed by atoms with Crippen LogP contribution in [0.15, 0.2) is 60.7 Å². The first-order valence-electron chi connectivity index (χ1n) is 19.1. The number of rotatable bonds is 11. The average Bonchev–Trinajstić information content (AvgIpc) is 3.69. The van der Waals surface area contributed by atoms with Crippen LogP contribution in [0.2, 0.25) is 10.0 Å². The second-order valence-corrected chi connectivity index (χ2v) is 16.0. The smallest absolute Gasteiger partial charge is 0.343 e. The molecule has 16 heteroatoms. The van der Waals surface area contributed by atoms with Crippen molar-refractivity contribution in [2.45, 2.75) is 42.7 Å². The van der Waals surface area contributed by atoms with Gasteiger partial charge in [-0.05, 0) is 80.7 Å². The number of imide groups is 1. The molecule has 304 valence electrons. The predicted molar refractivity (Wildman–Crippen MR) is 213 cm³/mol. The van der Waals surface area contributed by atoms with Crippen molar-refractivity contribution in [2.75, 3.05) is 80.2 Å². The highest BCUT2D eigenvalue weighted by Crippen LogP contribution is 2.44. The van der Waals surface area contributed by atoms with Gasteiger partial charge in [0.2, 0.25) is 17.8 Å². The number of hydrogen-bond acceptors (Lipinski definition) is 10. The molecule has 5 heterocycles. The van der Waals surface area contributed by atoms with E-state index in [2.05, 4.69) is 10.2 Å². The van der Waals surface area contributed by atoms with Gasteiger partial charge in [0.1, 0.15) is 0 Å². The number of fused-ring (bicyclic) bond motifs is 3. The van der Waals surface area contributed by atoms with Crippen molar-refractivity contribution < 1.29 is 38.5 Å². The number of halogens is 2. The number of urea groups is 1. The second-order valence-electron chi connectivity index (χ2n) is 15.1. The number of piperidine rings is 1. The molecule has 5 saturated heterocycles. The molecule has 2 atom stereocenters. The van der Waals surface area contributed by atoms with Crippen molar-refractivity contribution in [3.05, 3.63) is 87.4 Å². The molecule has 57 heavy (non-hydrogen) atoms. The van der Waals surface area contributed by atoms with Crippen molar-refractivity contribution >= 4 is 47.0 Å².